The molecule has 0 aromatic heterocycles. The molecule has 0 saturated carbocycles. The van der Waals surface area contributed by atoms with E-state index in [-0.39, 0.29) is 0 Å². The number of allylic oxidation sites excluding steroid dienone is 2. The molecule has 0 N–H and O–H groups in total. The normalized spacial score (nSPS) is 18.0. The molecule has 0 aliphatic heterocycles. The monoisotopic (exact) mass is 411 g/mol. The molecule has 0 heterocycles. The molecule has 2 unspecified atom stereocenters. The second-order valence-electron chi connectivity index (χ2n) is 5.32. The van der Waals surface area contributed by atoms with Crippen molar-refractivity contribution in [2.24, 2.45) is 0 Å². The van der Waals surface area contributed by atoms with Gasteiger partial charge in [-0.1, -0.05) is 62.1 Å². The summed E-state index contributed by atoms with van der Waals surface area (Å²) in [6, 6.07) is 16.9. The van der Waals surface area contributed by atoms with Crippen LogP contribution in [0, 0.1) is 18.5 Å². The topological polar surface area (TPSA) is 0 Å². The molecule has 2 aliphatic carbocycles. The van der Waals surface area contributed by atoms with Gasteiger partial charge in [-0.05, 0) is 0 Å². The Balaban J connectivity index is 0.000000199. The summed E-state index contributed by atoms with van der Waals surface area (Å²) in [6.45, 7) is 4.34. The van der Waals surface area contributed by atoms with Crippen molar-refractivity contribution in [1.29, 1.82) is 0 Å². The van der Waals surface area contributed by atoms with Crippen molar-refractivity contribution in [2.75, 3.05) is 0 Å². The van der Waals surface area contributed by atoms with Crippen molar-refractivity contribution in [3.8, 4) is 0 Å². The summed E-state index contributed by atoms with van der Waals surface area (Å²) in [5, 5.41) is 0. The maximum absolute atomic E-state index is 4.39. The molecule has 0 spiro atoms. The van der Waals surface area contributed by atoms with Crippen LogP contribution in [0.3, 0.4) is 0 Å². The molecule has 0 fully saturated rings. The summed E-state index contributed by atoms with van der Waals surface area (Å²) in [7, 11) is 0. The zero-order valence-corrected chi connectivity index (χ0v) is 17.4. The van der Waals surface area contributed by atoms with Crippen molar-refractivity contribution < 1.29 is 24.2 Å². The fourth-order valence-electron chi connectivity index (χ4n) is 2.68. The molecule has 2 aromatic rings. The Morgan fingerprint density at radius 3 is 1.46 bits per heavy atom. The van der Waals surface area contributed by atoms with Crippen molar-refractivity contribution in [3.63, 3.8) is 0 Å². The van der Waals surface area contributed by atoms with Gasteiger partial charge >= 0.3 is 28.4 Å². The quantitative estimate of drug-likeness (QED) is 0.450. The van der Waals surface area contributed by atoms with Gasteiger partial charge in [0.1, 0.15) is 0 Å². The molecule has 0 bridgehead atoms. The average molecular weight is 413 g/mol. The average Bonchev–Trinajstić information content (AvgIpc) is 3.23. The third kappa shape index (κ3) is 5.50. The van der Waals surface area contributed by atoms with Gasteiger partial charge in [0.2, 0.25) is 0 Å². The first-order valence-electron chi connectivity index (χ1n) is 7.74. The fourth-order valence-corrected chi connectivity index (χ4v) is 2.68. The predicted octanol–water partition coefficient (Wildman–Crippen LogP) is 6.22. The van der Waals surface area contributed by atoms with Gasteiger partial charge < -0.3 is 11.6 Å². The molecule has 2 atom stereocenters. The van der Waals surface area contributed by atoms with Crippen LogP contribution in [0.4, 0.5) is 0 Å². The van der Waals surface area contributed by atoms with E-state index in [1.54, 1.807) is 0 Å². The first-order valence-corrected chi connectivity index (χ1v) is 10.0. The van der Waals surface area contributed by atoms with Crippen LogP contribution in [0.5, 0.6) is 0 Å². The summed E-state index contributed by atoms with van der Waals surface area (Å²) < 4.78 is 3.34. The van der Waals surface area contributed by atoms with Crippen LogP contribution in [0.25, 0.3) is 12.2 Å². The third-order valence-corrected chi connectivity index (χ3v) is 3.90. The van der Waals surface area contributed by atoms with Crippen LogP contribution < -0.4 is 0 Å². The molecule has 0 radical (unpaired) electrons. The molecule has 0 nitrogen and oxygen atoms in total. The molecular formula is C22H22ClZr-3. The van der Waals surface area contributed by atoms with Crippen molar-refractivity contribution in [1.82, 2.24) is 0 Å². The van der Waals surface area contributed by atoms with Crippen molar-refractivity contribution in [2.45, 2.75) is 25.7 Å². The van der Waals surface area contributed by atoms with Gasteiger partial charge in [0.15, 0.2) is 0 Å². The van der Waals surface area contributed by atoms with E-state index in [0.29, 0.717) is 11.8 Å². The van der Waals surface area contributed by atoms with E-state index < -0.39 is 0 Å². The number of rotatable bonds is 0. The number of fused-ring (bicyclic) bond motifs is 2. The number of halogens is 1. The second kappa shape index (κ2) is 11.5. The zero-order valence-electron chi connectivity index (χ0n) is 14.2. The van der Waals surface area contributed by atoms with Gasteiger partial charge in [0.05, 0.1) is 0 Å². The molecule has 2 aromatic carbocycles. The van der Waals surface area contributed by atoms with Gasteiger partial charge in [-0.3, -0.25) is 18.5 Å². The van der Waals surface area contributed by atoms with E-state index in [1.165, 1.54) is 46.5 Å². The van der Waals surface area contributed by atoms with Gasteiger partial charge in [-0.2, -0.15) is 11.1 Å². The molecule has 4 rings (SSSR count). The predicted molar refractivity (Wildman–Crippen MR) is 103 cm³/mol. The Kier molecular flexibility index (Phi) is 10.1. The number of hydrogen-bond donors (Lipinski definition) is 0. The molecule has 0 saturated heterocycles. The molecule has 0 amide bonds. The molecule has 24 heavy (non-hydrogen) atoms. The van der Waals surface area contributed by atoms with Crippen LogP contribution in [-0.4, -0.2) is 4.21 Å². The van der Waals surface area contributed by atoms with E-state index in [9.17, 15) is 0 Å². The molecule has 2 heteroatoms. The Bertz CT molecular complexity index is 628. The van der Waals surface area contributed by atoms with Crippen LogP contribution in [0.15, 0.2) is 48.5 Å². The Morgan fingerprint density at radius 2 is 1.12 bits per heavy atom. The standard InChI is InChI=1S/2C10H9.CH2Cl.CH2.Zr/c2*1-8-6-7-9-4-2-3-5-10(8)9;1-2;;/h2*2-5,7-8H,1H3;1H2;1H2;/q3*-1;;. The Morgan fingerprint density at radius 1 is 0.792 bits per heavy atom. The Labute approximate surface area is 166 Å². The number of hydrogen-bond acceptors (Lipinski definition) is 0. The third-order valence-electron chi connectivity index (χ3n) is 3.90. The van der Waals surface area contributed by atoms with E-state index in [1.807, 2.05) is 0 Å². The van der Waals surface area contributed by atoms with E-state index in [4.69, 9.17) is 0 Å². The summed E-state index contributed by atoms with van der Waals surface area (Å²) in [6.07, 6.45) is 13.4. The second-order valence-corrected chi connectivity index (χ2v) is 5.32. The SMILES string of the molecule is CC1[C-]=Cc2ccccc21.CC1[C-]=Cc2ccccc21.[CH2-]Cl.[CH2]=[Zr]. The van der Waals surface area contributed by atoms with Gasteiger partial charge in [0, 0.05) is 0 Å². The van der Waals surface area contributed by atoms with Gasteiger partial charge in [0.25, 0.3) is 0 Å². The molecular weight excluding hydrogens is 391 g/mol. The van der Waals surface area contributed by atoms with Gasteiger partial charge in [-0.15, -0.1) is 23.3 Å². The first-order chi connectivity index (χ1) is 11.8. The minimum absolute atomic E-state index is 0.496. The van der Waals surface area contributed by atoms with E-state index >= 15 is 0 Å². The minimum atomic E-state index is 0.496. The summed E-state index contributed by atoms with van der Waals surface area (Å²) >= 11 is 5.69. The molecule has 124 valence electrons. The fraction of sp³-hybridized carbons (Fsp3) is 0.182. The van der Waals surface area contributed by atoms with Crippen LogP contribution in [0.2, 0.25) is 0 Å². The van der Waals surface area contributed by atoms with Crippen LogP contribution in [0.1, 0.15) is 47.9 Å². The Hall–Kier alpha value is -1.04. The first kappa shape index (κ1) is 21.0. The summed E-state index contributed by atoms with van der Waals surface area (Å²) in [5.41, 5.74) is 5.47. The number of benzene rings is 2. The van der Waals surface area contributed by atoms with Crippen LogP contribution in [-0.2, 0) is 24.2 Å². The van der Waals surface area contributed by atoms with Crippen LogP contribution >= 0.6 is 11.6 Å². The van der Waals surface area contributed by atoms with E-state index in [2.05, 4.69) is 109 Å². The van der Waals surface area contributed by atoms with Crippen molar-refractivity contribution >= 4 is 28.0 Å². The van der Waals surface area contributed by atoms with E-state index in [0.717, 1.165) is 0 Å². The summed E-state index contributed by atoms with van der Waals surface area (Å²) in [5.74, 6) is 0.993. The zero-order chi connectivity index (χ0) is 17.9. The maximum atomic E-state index is 4.39. The van der Waals surface area contributed by atoms with Gasteiger partial charge in [-0.25, -0.2) is 12.2 Å². The molecule has 2 aliphatic rings. The van der Waals surface area contributed by atoms with Crippen molar-refractivity contribution in [3.05, 3.63) is 89.3 Å². The summed E-state index contributed by atoms with van der Waals surface area (Å²) in [4.78, 5) is 0.